The summed E-state index contributed by atoms with van der Waals surface area (Å²) in [6, 6.07) is 5.20. The van der Waals surface area contributed by atoms with Gasteiger partial charge in [-0.3, -0.25) is 4.79 Å². The fraction of sp³-hybridized carbons (Fsp3) is 0.286. The molecule has 0 radical (unpaired) electrons. The second kappa shape index (κ2) is 6.24. The molecule has 0 aliphatic carbocycles. The maximum absolute atomic E-state index is 12.1. The third kappa shape index (κ3) is 3.49. The quantitative estimate of drug-likeness (QED) is 0.902. The highest BCUT2D eigenvalue weighted by atomic mass is 35.5. The van der Waals surface area contributed by atoms with Crippen LogP contribution < -0.4 is 10.6 Å². The molecule has 0 saturated carbocycles. The van der Waals surface area contributed by atoms with Gasteiger partial charge >= 0.3 is 0 Å². The number of aryl methyl sites for hydroxylation is 1. The van der Waals surface area contributed by atoms with Crippen molar-refractivity contribution in [2.45, 2.75) is 26.8 Å². The van der Waals surface area contributed by atoms with Crippen LogP contribution in [0.5, 0.6) is 0 Å². The number of thiazole rings is 1. The molecule has 0 saturated heterocycles. The number of carbonyl (C=O) groups is 1. The number of benzene rings is 1. The SMILES string of the molecule is Cc1csc(NC(=O)[C@H](C)Nc2cccc(Cl)c2C)n1. The molecular formula is C14H16ClN3OS. The Labute approximate surface area is 127 Å². The summed E-state index contributed by atoms with van der Waals surface area (Å²) in [6.45, 7) is 5.61. The van der Waals surface area contributed by atoms with Gasteiger partial charge in [0.05, 0.1) is 5.69 Å². The maximum atomic E-state index is 12.1. The van der Waals surface area contributed by atoms with E-state index >= 15 is 0 Å². The molecule has 1 heterocycles. The third-order valence-electron chi connectivity index (χ3n) is 2.88. The smallest absolute Gasteiger partial charge is 0.248 e. The van der Waals surface area contributed by atoms with E-state index in [0.717, 1.165) is 16.9 Å². The molecule has 6 heteroatoms. The Morgan fingerprint density at radius 3 is 2.80 bits per heavy atom. The van der Waals surface area contributed by atoms with E-state index in [-0.39, 0.29) is 11.9 Å². The van der Waals surface area contributed by atoms with Crippen molar-refractivity contribution in [1.29, 1.82) is 0 Å². The van der Waals surface area contributed by atoms with Crippen LogP contribution in [0.4, 0.5) is 10.8 Å². The number of carbonyl (C=O) groups excluding carboxylic acids is 1. The lowest BCUT2D eigenvalue weighted by atomic mass is 10.2. The van der Waals surface area contributed by atoms with Crippen molar-refractivity contribution in [2.24, 2.45) is 0 Å². The van der Waals surface area contributed by atoms with Crippen LogP contribution in [0.1, 0.15) is 18.2 Å². The van der Waals surface area contributed by atoms with Gasteiger partial charge in [0.2, 0.25) is 5.91 Å². The Morgan fingerprint density at radius 1 is 1.40 bits per heavy atom. The van der Waals surface area contributed by atoms with Gasteiger partial charge in [0.1, 0.15) is 6.04 Å². The molecule has 0 unspecified atom stereocenters. The number of hydrogen-bond acceptors (Lipinski definition) is 4. The minimum atomic E-state index is -0.378. The Hall–Kier alpha value is -1.59. The van der Waals surface area contributed by atoms with Crippen LogP contribution in [0.2, 0.25) is 5.02 Å². The number of amides is 1. The number of anilines is 2. The standard InChI is InChI=1S/C14H16ClN3OS/c1-8-7-20-14(16-8)18-13(19)10(3)17-12-6-4-5-11(15)9(12)2/h4-7,10,17H,1-3H3,(H,16,18,19)/t10-/m0/s1. The van der Waals surface area contributed by atoms with Crippen LogP contribution >= 0.6 is 22.9 Å². The first-order chi connectivity index (χ1) is 9.47. The maximum Gasteiger partial charge on any atom is 0.248 e. The molecule has 20 heavy (non-hydrogen) atoms. The van der Waals surface area contributed by atoms with E-state index in [9.17, 15) is 4.79 Å². The van der Waals surface area contributed by atoms with E-state index in [1.165, 1.54) is 11.3 Å². The molecule has 0 fully saturated rings. The number of hydrogen-bond donors (Lipinski definition) is 2. The highest BCUT2D eigenvalue weighted by Gasteiger charge is 2.15. The van der Waals surface area contributed by atoms with Crippen molar-refractivity contribution in [2.75, 3.05) is 10.6 Å². The van der Waals surface area contributed by atoms with Crippen LogP contribution in [-0.2, 0) is 4.79 Å². The van der Waals surface area contributed by atoms with E-state index in [4.69, 9.17) is 11.6 Å². The molecule has 1 aromatic carbocycles. The number of nitrogens with one attached hydrogen (secondary N) is 2. The lowest BCUT2D eigenvalue weighted by molar-refractivity contribution is -0.116. The van der Waals surface area contributed by atoms with Crippen LogP contribution in [-0.4, -0.2) is 16.9 Å². The van der Waals surface area contributed by atoms with Crippen LogP contribution in [0, 0.1) is 13.8 Å². The highest BCUT2D eigenvalue weighted by Crippen LogP contribution is 2.23. The topological polar surface area (TPSA) is 54.0 Å². The molecule has 0 aliphatic rings. The van der Waals surface area contributed by atoms with Gasteiger partial charge in [-0.25, -0.2) is 4.98 Å². The second-order valence-electron chi connectivity index (χ2n) is 4.56. The minimum absolute atomic E-state index is 0.126. The Kier molecular flexibility index (Phi) is 4.62. The predicted molar refractivity (Wildman–Crippen MR) is 84.8 cm³/mol. The van der Waals surface area contributed by atoms with Crippen molar-refractivity contribution in [3.8, 4) is 0 Å². The lowest BCUT2D eigenvalue weighted by Crippen LogP contribution is -2.32. The summed E-state index contributed by atoms with van der Waals surface area (Å²) in [5.74, 6) is -0.126. The van der Waals surface area contributed by atoms with E-state index in [1.807, 2.05) is 37.4 Å². The van der Waals surface area contributed by atoms with Gasteiger partial charge in [0.25, 0.3) is 0 Å². The van der Waals surface area contributed by atoms with Gasteiger partial charge in [0.15, 0.2) is 5.13 Å². The Bertz CT molecular complexity index is 627. The van der Waals surface area contributed by atoms with Crippen molar-refractivity contribution in [1.82, 2.24) is 4.98 Å². The fourth-order valence-corrected chi connectivity index (χ4v) is 2.55. The van der Waals surface area contributed by atoms with Crippen LogP contribution in [0.3, 0.4) is 0 Å². The minimum Gasteiger partial charge on any atom is -0.374 e. The molecule has 0 aliphatic heterocycles. The fourth-order valence-electron chi connectivity index (χ4n) is 1.69. The summed E-state index contributed by atoms with van der Waals surface area (Å²) < 4.78 is 0. The highest BCUT2D eigenvalue weighted by molar-refractivity contribution is 7.13. The average molecular weight is 310 g/mol. The van der Waals surface area contributed by atoms with Gasteiger partial charge in [0, 0.05) is 16.1 Å². The molecule has 4 nitrogen and oxygen atoms in total. The average Bonchev–Trinajstić information content (AvgIpc) is 2.80. The number of aromatic nitrogens is 1. The molecule has 1 amide bonds. The monoisotopic (exact) mass is 309 g/mol. The van der Waals surface area contributed by atoms with E-state index in [2.05, 4.69) is 15.6 Å². The van der Waals surface area contributed by atoms with Gasteiger partial charge in [-0.05, 0) is 38.5 Å². The summed E-state index contributed by atoms with van der Waals surface area (Å²) in [5.41, 5.74) is 2.69. The molecule has 106 valence electrons. The largest absolute Gasteiger partial charge is 0.374 e. The van der Waals surface area contributed by atoms with Gasteiger partial charge < -0.3 is 10.6 Å². The first-order valence-corrected chi connectivity index (χ1v) is 7.48. The van der Waals surface area contributed by atoms with Gasteiger partial charge in [-0.15, -0.1) is 11.3 Å². The first-order valence-electron chi connectivity index (χ1n) is 6.22. The first kappa shape index (κ1) is 14.8. The summed E-state index contributed by atoms with van der Waals surface area (Å²) in [7, 11) is 0. The molecule has 2 N–H and O–H groups in total. The molecule has 2 aromatic rings. The van der Waals surface area contributed by atoms with Crippen LogP contribution in [0.25, 0.3) is 0 Å². The van der Waals surface area contributed by atoms with Crippen molar-refractivity contribution >= 4 is 39.7 Å². The van der Waals surface area contributed by atoms with Crippen molar-refractivity contribution < 1.29 is 4.79 Å². The Morgan fingerprint density at radius 2 is 2.15 bits per heavy atom. The van der Waals surface area contributed by atoms with Gasteiger partial charge in [-0.1, -0.05) is 17.7 Å². The molecule has 1 atom stereocenters. The predicted octanol–water partition coefficient (Wildman–Crippen LogP) is 3.85. The number of nitrogens with zero attached hydrogens (tertiary/aromatic N) is 1. The zero-order valence-corrected chi connectivity index (χ0v) is 13.1. The summed E-state index contributed by atoms with van der Waals surface area (Å²) in [6.07, 6.45) is 0. The summed E-state index contributed by atoms with van der Waals surface area (Å²) in [5, 5.41) is 9.14. The normalized spacial score (nSPS) is 12.0. The van der Waals surface area contributed by atoms with Gasteiger partial charge in [-0.2, -0.15) is 0 Å². The second-order valence-corrected chi connectivity index (χ2v) is 5.83. The van der Waals surface area contributed by atoms with Crippen molar-refractivity contribution in [3.05, 3.63) is 39.9 Å². The molecule has 2 rings (SSSR count). The zero-order valence-electron chi connectivity index (χ0n) is 11.5. The van der Waals surface area contributed by atoms with E-state index in [1.54, 1.807) is 6.92 Å². The lowest BCUT2D eigenvalue weighted by Gasteiger charge is -2.16. The molecular weight excluding hydrogens is 294 g/mol. The Balaban J connectivity index is 2.02. The zero-order chi connectivity index (χ0) is 14.7. The van der Waals surface area contributed by atoms with Crippen molar-refractivity contribution in [3.63, 3.8) is 0 Å². The summed E-state index contributed by atoms with van der Waals surface area (Å²) >= 11 is 7.48. The third-order valence-corrected chi connectivity index (χ3v) is 4.17. The van der Waals surface area contributed by atoms with Crippen LogP contribution in [0.15, 0.2) is 23.6 Å². The number of rotatable bonds is 4. The number of halogens is 1. The van der Waals surface area contributed by atoms with E-state index in [0.29, 0.717) is 10.2 Å². The summed E-state index contributed by atoms with van der Waals surface area (Å²) in [4.78, 5) is 16.3. The molecule has 1 aromatic heterocycles. The molecule has 0 bridgehead atoms. The van der Waals surface area contributed by atoms with E-state index < -0.39 is 0 Å². The molecule has 0 spiro atoms.